The lowest BCUT2D eigenvalue weighted by atomic mass is 10.1. The molecule has 0 saturated carbocycles. The van der Waals surface area contributed by atoms with E-state index in [-0.39, 0.29) is 11.5 Å². The molecule has 1 N–H and O–H groups in total. The first-order chi connectivity index (χ1) is 14.4. The number of rotatable bonds is 5. The van der Waals surface area contributed by atoms with Crippen LogP contribution >= 0.6 is 11.3 Å². The Kier molecular flexibility index (Phi) is 5.99. The number of benzene rings is 1. The predicted octanol–water partition coefficient (Wildman–Crippen LogP) is 2.44. The number of anilines is 1. The maximum atomic E-state index is 12.6. The van der Waals surface area contributed by atoms with Crippen LogP contribution in [0.4, 0.5) is 5.69 Å². The van der Waals surface area contributed by atoms with Crippen LogP contribution in [0.5, 0.6) is 0 Å². The van der Waals surface area contributed by atoms with Crippen molar-refractivity contribution in [1.82, 2.24) is 19.2 Å². The number of carbonyl (C=O) groups is 1. The minimum absolute atomic E-state index is 0.0244. The Balaban J connectivity index is 1.30. The van der Waals surface area contributed by atoms with E-state index in [9.17, 15) is 9.59 Å². The Morgan fingerprint density at radius 2 is 1.73 bits per heavy atom. The number of fused-ring (bicyclic) bond motifs is 1. The zero-order valence-corrected chi connectivity index (χ0v) is 18.5. The van der Waals surface area contributed by atoms with Gasteiger partial charge in [0.05, 0.1) is 12.2 Å². The quantitative estimate of drug-likeness (QED) is 0.680. The summed E-state index contributed by atoms with van der Waals surface area (Å²) in [5.74, 6) is 0.0244. The molecular weight excluding hydrogens is 398 g/mol. The highest BCUT2D eigenvalue weighted by molar-refractivity contribution is 7.15. The second kappa shape index (κ2) is 8.67. The number of hydrogen-bond donors (Lipinski definition) is 1. The number of hydrogen-bond acceptors (Lipinski definition) is 6. The van der Waals surface area contributed by atoms with E-state index in [1.807, 2.05) is 19.2 Å². The predicted molar refractivity (Wildman–Crippen MR) is 120 cm³/mol. The van der Waals surface area contributed by atoms with Crippen molar-refractivity contribution >= 4 is 27.9 Å². The van der Waals surface area contributed by atoms with Crippen molar-refractivity contribution < 1.29 is 4.79 Å². The Labute approximate surface area is 180 Å². The zero-order valence-electron chi connectivity index (χ0n) is 17.6. The van der Waals surface area contributed by atoms with E-state index < -0.39 is 0 Å². The number of piperazine rings is 1. The molecule has 0 radical (unpaired) electrons. The molecule has 30 heavy (non-hydrogen) atoms. The first kappa shape index (κ1) is 20.7. The molecule has 3 aromatic rings. The molecule has 158 valence electrons. The molecule has 1 saturated heterocycles. The van der Waals surface area contributed by atoms with Gasteiger partial charge in [-0.3, -0.25) is 23.8 Å². The summed E-state index contributed by atoms with van der Waals surface area (Å²) in [7, 11) is 0. The van der Waals surface area contributed by atoms with E-state index in [2.05, 4.69) is 39.2 Å². The van der Waals surface area contributed by atoms with Gasteiger partial charge in [-0.15, -0.1) is 11.3 Å². The third-order valence-electron chi connectivity index (χ3n) is 5.52. The number of aromatic nitrogens is 2. The van der Waals surface area contributed by atoms with Gasteiger partial charge in [0, 0.05) is 56.1 Å². The summed E-state index contributed by atoms with van der Waals surface area (Å²) in [6.07, 6.45) is 1.75. The Morgan fingerprint density at radius 3 is 2.43 bits per heavy atom. The van der Waals surface area contributed by atoms with E-state index in [0.717, 1.165) is 53.6 Å². The fourth-order valence-electron chi connectivity index (χ4n) is 4.06. The van der Waals surface area contributed by atoms with Crippen LogP contribution < -0.4 is 10.9 Å². The fourth-order valence-corrected chi connectivity index (χ4v) is 4.80. The molecule has 1 aliphatic heterocycles. The molecule has 1 fully saturated rings. The van der Waals surface area contributed by atoms with Gasteiger partial charge in [0.2, 0.25) is 5.91 Å². The van der Waals surface area contributed by atoms with Gasteiger partial charge in [-0.25, -0.2) is 4.98 Å². The van der Waals surface area contributed by atoms with Crippen molar-refractivity contribution in [2.24, 2.45) is 0 Å². The van der Waals surface area contributed by atoms with Gasteiger partial charge in [-0.2, -0.15) is 0 Å². The number of carbonyl (C=O) groups excluding carboxylic acids is 1. The third-order valence-corrected chi connectivity index (χ3v) is 6.27. The van der Waals surface area contributed by atoms with Gasteiger partial charge in [-0.05, 0) is 31.9 Å². The smallest absolute Gasteiger partial charge is 0.258 e. The topological polar surface area (TPSA) is 70.0 Å². The summed E-state index contributed by atoms with van der Waals surface area (Å²) in [5.41, 5.74) is 5.08. The number of thiazole rings is 1. The monoisotopic (exact) mass is 425 g/mol. The Morgan fingerprint density at radius 1 is 1.07 bits per heavy atom. The summed E-state index contributed by atoms with van der Waals surface area (Å²) in [5, 5.41) is 4.96. The van der Waals surface area contributed by atoms with Crippen LogP contribution in [0.2, 0.25) is 0 Å². The van der Waals surface area contributed by atoms with Gasteiger partial charge in [0.1, 0.15) is 0 Å². The average molecular weight is 426 g/mol. The Bertz CT molecular complexity index is 1100. The lowest BCUT2D eigenvalue weighted by Gasteiger charge is -2.34. The first-order valence-electron chi connectivity index (χ1n) is 10.2. The van der Waals surface area contributed by atoms with E-state index in [1.54, 1.807) is 16.7 Å². The van der Waals surface area contributed by atoms with Gasteiger partial charge < -0.3 is 5.32 Å². The summed E-state index contributed by atoms with van der Waals surface area (Å²) in [6.45, 7) is 10.5. The van der Waals surface area contributed by atoms with E-state index in [4.69, 9.17) is 0 Å². The largest absolute Gasteiger partial charge is 0.324 e. The van der Waals surface area contributed by atoms with Crippen LogP contribution in [0, 0.1) is 20.8 Å². The van der Waals surface area contributed by atoms with Crippen LogP contribution in [-0.2, 0) is 11.3 Å². The average Bonchev–Trinajstić information content (AvgIpc) is 3.15. The van der Waals surface area contributed by atoms with Gasteiger partial charge in [-0.1, -0.05) is 17.7 Å². The lowest BCUT2D eigenvalue weighted by Crippen LogP contribution is -2.48. The molecule has 0 spiro atoms. The molecule has 1 aliphatic rings. The standard InChI is InChI=1S/C22H27N5O2S/c1-15-10-16(2)21(17(3)11-15)24-19(28)14-26-6-4-25(5-7-26)13-18-12-20(29)27-8-9-30-22(27)23-18/h8-12H,4-7,13-14H2,1-3H3,(H,24,28). The van der Waals surface area contributed by atoms with Crippen molar-refractivity contribution in [2.75, 3.05) is 38.0 Å². The van der Waals surface area contributed by atoms with Crippen LogP contribution in [0.3, 0.4) is 0 Å². The zero-order chi connectivity index (χ0) is 21.3. The lowest BCUT2D eigenvalue weighted by molar-refractivity contribution is -0.117. The van der Waals surface area contributed by atoms with Gasteiger partial charge in [0.25, 0.3) is 5.56 Å². The summed E-state index contributed by atoms with van der Waals surface area (Å²) in [6, 6.07) is 5.80. The second-order valence-electron chi connectivity index (χ2n) is 8.02. The Hall–Kier alpha value is -2.55. The van der Waals surface area contributed by atoms with Crippen LogP contribution in [-0.4, -0.2) is 57.8 Å². The molecule has 2 aromatic heterocycles. The van der Waals surface area contributed by atoms with Crippen molar-refractivity contribution in [3.05, 3.63) is 62.5 Å². The number of nitrogens with zero attached hydrogens (tertiary/aromatic N) is 4. The number of nitrogens with one attached hydrogen (secondary N) is 1. The van der Waals surface area contributed by atoms with E-state index >= 15 is 0 Å². The van der Waals surface area contributed by atoms with E-state index in [0.29, 0.717) is 13.1 Å². The maximum absolute atomic E-state index is 12.6. The summed E-state index contributed by atoms with van der Waals surface area (Å²) < 4.78 is 1.57. The van der Waals surface area contributed by atoms with E-state index in [1.165, 1.54) is 16.9 Å². The third kappa shape index (κ3) is 4.61. The van der Waals surface area contributed by atoms with Crippen LogP contribution in [0.1, 0.15) is 22.4 Å². The molecule has 8 heteroatoms. The maximum Gasteiger partial charge on any atom is 0.258 e. The summed E-state index contributed by atoms with van der Waals surface area (Å²) in [4.78, 5) is 34.5. The number of amides is 1. The van der Waals surface area contributed by atoms with Crippen LogP contribution in [0.15, 0.2) is 34.6 Å². The molecule has 0 unspecified atom stereocenters. The molecular formula is C22H27N5O2S. The number of aryl methyl sites for hydroxylation is 3. The minimum atomic E-state index is -0.0340. The highest BCUT2D eigenvalue weighted by Gasteiger charge is 2.20. The summed E-state index contributed by atoms with van der Waals surface area (Å²) >= 11 is 1.47. The fraction of sp³-hybridized carbons (Fsp3) is 0.409. The molecule has 3 heterocycles. The molecule has 1 amide bonds. The molecule has 0 aliphatic carbocycles. The van der Waals surface area contributed by atoms with Crippen LogP contribution in [0.25, 0.3) is 4.96 Å². The van der Waals surface area contributed by atoms with Crippen molar-refractivity contribution in [3.8, 4) is 0 Å². The minimum Gasteiger partial charge on any atom is -0.324 e. The van der Waals surface area contributed by atoms with Crippen molar-refractivity contribution in [2.45, 2.75) is 27.3 Å². The highest BCUT2D eigenvalue weighted by atomic mass is 32.1. The SMILES string of the molecule is Cc1cc(C)c(NC(=O)CN2CCN(Cc3cc(=O)n4ccsc4n3)CC2)c(C)c1. The normalized spacial score (nSPS) is 15.6. The second-order valence-corrected chi connectivity index (χ2v) is 8.89. The molecule has 1 aromatic carbocycles. The van der Waals surface area contributed by atoms with Crippen molar-refractivity contribution in [3.63, 3.8) is 0 Å². The van der Waals surface area contributed by atoms with Gasteiger partial charge >= 0.3 is 0 Å². The molecule has 4 rings (SSSR count). The highest BCUT2D eigenvalue weighted by Crippen LogP contribution is 2.22. The first-order valence-corrected chi connectivity index (χ1v) is 11.1. The molecule has 7 nitrogen and oxygen atoms in total. The molecule has 0 bridgehead atoms. The van der Waals surface area contributed by atoms with Gasteiger partial charge in [0.15, 0.2) is 4.96 Å². The van der Waals surface area contributed by atoms with Crippen molar-refractivity contribution in [1.29, 1.82) is 0 Å². The molecule has 0 atom stereocenters.